The third-order valence-corrected chi connectivity index (χ3v) is 3.54. The van der Waals surface area contributed by atoms with Gasteiger partial charge in [0.15, 0.2) is 0 Å². The summed E-state index contributed by atoms with van der Waals surface area (Å²) >= 11 is 0. The van der Waals surface area contributed by atoms with Gasteiger partial charge in [-0.1, -0.05) is 33.8 Å². The Hall–Kier alpha value is -0.123. The van der Waals surface area contributed by atoms with Gasteiger partial charge in [-0.05, 0) is 51.9 Å². The van der Waals surface area contributed by atoms with Crippen LogP contribution in [0.25, 0.3) is 0 Å². The lowest BCUT2D eigenvalue weighted by Crippen LogP contribution is -2.48. The summed E-state index contributed by atoms with van der Waals surface area (Å²) in [5, 5.41) is 0. The summed E-state index contributed by atoms with van der Waals surface area (Å²) in [7, 11) is 1.16. The first kappa shape index (κ1) is 17.9. The Morgan fingerprint density at radius 2 is 1.11 bits per heavy atom. The molecule has 0 aromatic carbocycles. The lowest BCUT2D eigenvalue weighted by atomic mass is 10.2. The van der Waals surface area contributed by atoms with Gasteiger partial charge in [-0.25, -0.2) is 0 Å². The SMILES string of the molecule is CCCN(CCC)C(C=C[SiH3])N(CCC)CCC. The second kappa shape index (κ2) is 11.9. The van der Waals surface area contributed by atoms with Gasteiger partial charge in [-0.3, -0.25) is 9.80 Å². The Kier molecular flexibility index (Phi) is 11.9. The van der Waals surface area contributed by atoms with Crippen molar-refractivity contribution in [2.24, 2.45) is 0 Å². The Bertz CT molecular complexity index is 179. The van der Waals surface area contributed by atoms with Crippen molar-refractivity contribution in [2.45, 2.75) is 59.5 Å². The maximum absolute atomic E-state index is 2.65. The zero-order valence-electron chi connectivity index (χ0n) is 13.3. The van der Waals surface area contributed by atoms with Crippen LogP contribution in [0.2, 0.25) is 0 Å². The molecule has 0 saturated carbocycles. The number of hydrogen-bond acceptors (Lipinski definition) is 2. The van der Waals surface area contributed by atoms with Gasteiger partial charge in [-0.15, -0.1) is 5.70 Å². The highest BCUT2D eigenvalue weighted by molar-refractivity contribution is 6.17. The molecule has 2 nitrogen and oxygen atoms in total. The highest BCUT2D eigenvalue weighted by Gasteiger charge is 2.20. The number of nitrogens with zero attached hydrogens (tertiary/aromatic N) is 2. The topological polar surface area (TPSA) is 6.48 Å². The maximum atomic E-state index is 2.65. The van der Waals surface area contributed by atoms with Crippen LogP contribution < -0.4 is 0 Å². The van der Waals surface area contributed by atoms with Crippen LogP contribution >= 0.6 is 0 Å². The minimum Gasteiger partial charge on any atom is -0.285 e. The van der Waals surface area contributed by atoms with E-state index in [1.54, 1.807) is 0 Å². The molecular weight excluding hydrogens is 236 g/mol. The average molecular weight is 271 g/mol. The molecule has 0 rings (SSSR count). The van der Waals surface area contributed by atoms with Gasteiger partial charge >= 0.3 is 0 Å². The van der Waals surface area contributed by atoms with Crippen LogP contribution in [0.4, 0.5) is 0 Å². The molecule has 0 amide bonds. The standard InChI is InChI=1S/C15H34N2Si/c1-5-10-16(11-6-2)15(9-14-18)17(12-7-3)13-8-4/h9,14-15H,5-8,10-13H2,1-4,18H3. The van der Waals surface area contributed by atoms with Crippen LogP contribution in [0.1, 0.15) is 53.4 Å². The number of rotatable bonds is 11. The molecule has 0 saturated heterocycles. The van der Waals surface area contributed by atoms with Crippen LogP contribution in [0, 0.1) is 0 Å². The van der Waals surface area contributed by atoms with Crippen LogP contribution in [0.3, 0.4) is 0 Å². The molecule has 3 heteroatoms. The van der Waals surface area contributed by atoms with Crippen molar-refractivity contribution in [1.29, 1.82) is 0 Å². The Labute approximate surface area is 118 Å². The highest BCUT2D eigenvalue weighted by Crippen LogP contribution is 2.11. The summed E-state index contributed by atoms with van der Waals surface area (Å²) in [4.78, 5) is 5.30. The van der Waals surface area contributed by atoms with Crippen molar-refractivity contribution in [3.8, 4) is 0 Å². The molecule has 0 atom stereocenters. The lowest BCUT2D eigenvalue weighted by molar-refractivity contribution is 0.0746. The largest absolute Gasteiger partial charge is 0.285 e. The molecule has 0 fully saturated rings. The first-order valence-corrected chi connectivity index (χ1v) is 9.01. The van der Waals surface area contributed by atoms with Crippen LogP contribution in [0.15, 0.2) is 11.8 Å². The van der Waals surface area contributed by atoms with E-state index in [-0.39, 0.29) is 0 Å². The zero-order chi connectivity index (χ0) is 13.8. The van der Waals surface area contributed by atoms with Gasteiger partial charge < -0.3 is 0 Å². The van der Waals surface area contributed by atoms with E-state index in [1.165, 1.54) is 51.9 Å². The molecule has 0 radical (unpaired) electrons. The summed E-state index contributed by atoms with van der Waals surface area (Å²) < 4.78 is 0. The fourth-order valence-corrected chi connectivity index (χ4v) is 2.89. The van der Waals surface area contributed by atoms with Gasteiger partial charge in [0.25, 0.3) is 0 Å². The summed E-state index contributed by atoms with van der Waals surface area (Å²) in [6.45, 7) is 14.0. The Balaban J connectivity index is 4.81. The molecule has 0 N–H and O–H groups in total. The summed E-state index contributed by atoms with van der Waals surface area (Å²) in [5.74, 6) is 0. The Morgan fingerprint density at radius 3 is 1.33 bits per heavy atom. The van der Waals surface area contributed by atoms with Gasteiger partial charge in [0, 0.05) is 10.2 Å². The molecule has 18 heavy (non-hydrogen) atoms. The summed E-state index contributed by atoms with van der Waals surface area (Å²) in [6, 6.07) is 0. The first-order chi connectivity index (χ1) is 8.74. The van der Waals surface area contributed by atoms with Crippen molar-refractivity contribution in [3.05, 3.63) is 11.8 Å². The maximum Gasteiger partial charge on any atom is 0.0810 e. The quantitative estimate of drug-likeness (QED) is 0.420. The molecule has 0 aliphatic heterocycles. The van der Waals surface area contributed by atoms with Crippen molar-refractivity contribution < 1.29 is 0 Å². The van der Waals surface area contributed by atoms with Crippen molar-refractivity contribution in [2.75, 3.05) is 26.2 Å². The van der Waals surface area contributed by atoms with Crippen molar-refractivity contribution >= 4 is 10.2 Å². The van der Waals surface area contributed by atoms with E-state index in [9.17, 15) is 0 Å². The van der Waals surface area contributed by atoms with Crippen molar-refractivity contribution in [3.63, 3.8) is 0 Å². The van der Waals surface area contributed by atoms with Gasteiger partial charge in [0.1, 0.15) is 0 Å². The van der Waals surface area contributed by atoms with Crippen LogP contribution in [-0.2, 0) is 0 Å². The fourth-order valence-electron chi connectivity index (χ4n) is 2.55. The molecule has 0 heterocycles. The fraction of sp³-hybridized carbons (Fsp3) is 0.867. The molecule has 0 aromatic rings. The molecule has 0 aromatic heterocycles. The molecule has 0 unspecified atom stereocenters. The van der Waals surface area contributed by atoms with Gasteiger partial charge in [0.2, 0.25) is 0 Å². The number of hydrogen-bond donors (Lipinski definition) is 0. The monoisotopic (exact) mass is 270 g/mol. The molecule has 0 aliphatic carbocycles. The van der Waals surface area contributed by atoms with Gasteiger partial charge in [-0.2, -0.15) is 0 Å². The first-order valence-electron chi connectivity index (χ1n) is 7.85. The van der Waals surface area contributed by atoms with Crippen LogP contribution in [0.5, 0.6) is 0 Å². The molecule has 0 bridgehead atoms. The van der Waals surface area contributed by atoms with Gasteiger partial charge in [0.05, 0.1) is 6.17 Å². The third kappa shape index (κ3) is 6.71. The average Bonchev–Trinajstić information content (AvgIpc) is 2.36. The normalized spacial score (nSPS) is 12.6. The summed E-state index contributed by atoms with van der Waals surface area (Å²) in [6.07, 6.45) is 7.95. The molecule has 108 valence electrons. The predicted molar refractivity (Wildman–Crippen MR) is 87.2 cm³/mol. The van der Waals surface area contributed by atoms with E-state index in [1.807, 2.05) is 0 Å². The second-order valence-electron chi connectivity index (χ2n) is 5.01. The smallest absolute Gasteiger partial charge is 0.0810 e. The highest BCUT2D eigenvalue weighted by atomic mass is 28.1. The predicted octanol–water partition coefficient (Wildman–Crippen LogP) is 2.44. The van der Waals surface area contributed by atoms with E-state index in [4.69, 9.17) is 0 Å². The molecular formula is C15H34N2Si. The zero-order valence-corrected chi connectivity index (χ0v) is 15.3. The molecule has 0 spiro atoms. The minimum absolute atomic E-state index is 0.530. The summed E-state index contributed by atoms with van der Waals surface area (Å²) in [5.41, 5.74) is 2.35. The van der Waals surface area contributed by atoms with E-state index in [0.717, 1.165) is 10.2 Å². The van der Waals surface area contributed by atoms with E-state index < -0.39 is 0 Å². The van der Waals surface area contributed by atoms with Crippen LogP contribution in [-0.4, -0.2) is 52.4 Å². The van der Waals surface area contributed by atoms with E-state index in [2.05, 4.69) is 49.3 Å². The van der Waals surface area contributed by atoms with E-state index >= 15 is 0 Å². The van der Waals surface area contributed by atoms with Crippen molar-refractivity contribution in [1.82, 2.24) is 9.80 Å². The minimum atomic E-state index is 0.530. The second-order valence-corrected chi connectivity index (χ2v) is 5.68. The Morgan fingerprint density at radius 1 is 0.778 bits per heavy atom. The lowest BCUT2D eigenvalue weighted by Gasteiger charge is -2.38. The molecule has 0 aliphatic rings. The third-order valence-electron chi connectivity index (χ3n) is 3.16. The van der Waals surface area contributed by atoms with E-state index in [0.29, 0.717) is 6.17 Å².